The number of ether oxygens (including phenoxy) is 4. The topological polar surface area (TPSA) is 182 Å². The molecule has 0 amide bonds. The lowest BCUT2D eigenvalue weighted by Crippen LogP contribution is -2.02. The minimum absolute atomic E-state index is 0. The highest BCUT2D eigenvalue weighted by Crippen LogP contribution is 2.34. The molecule has 0 atom stereocenters. The van der Waals surface area contributed by atoms with Crippen LogP contribution < -0.4 is 18.9 Å². The van der Waals surface area contributed by atoms with Crippen molar-refractivity contribution in [2.75, 3.05) is 0 Å². The number of unbranched alkanes of at least 4 members (excludes halogenated alkanes) is 2. The maximum Gasteiger partial charge on any atom is 0.162 e. The zero-order valence-corrected chi connectivity index (χ0v) is 47.9. The first kappa shape index (κ1) is 60.0. The van der Waals surface area contributed by atoms with E-state index < -0.39 is 0 Å². The number of nitrogens with zero attached hydrogens (tertiary/aromatic N) is 5. The molecular formula is C58H66ClN5O8S5. The monoisotopic (exact) mass is 1160 g/mol. The Balaban J connectivity index is 0.000000271. The minimum atomic E-state index is -0.103. The summed E-state index contributed by atoms with van der Waals surface area (Å²) in [5, 5.41) is 52.5. The number of hydrogen-bond donors (Lipinski definition) is 4. The molecule has 19 heteroatoms. The fraction of sp³-hybridized carbons (Fsp3) is 0.328. The van der Waals surface area contributed by atoms with Crippen molar-refractivity contribution in [3.05, 3.63) is 175 Å². The Bertz CT molecular complexity index is 3030. The lowest BCUT2D eigenvalue weighted by Gasteiger charge is -2.14. The van der Waals surface area contributed by atoms with Crippen LogP contribution in [0, 0.1) is 34.6 Å². The number of phenolic OH excluding ortho intramolecular Hbond substituents is 4. The summed E-state index contributed by atoms with van der Waals surface area (Å²) in [6.45, 7) is 11.6. The first-order valence-electron chi connectivity index (χ1n) is 24.6. The van der Waals surface area contributed by atoms with Crippen LogP contribution in [-0.2, 0) is 58.0 Å². The summed E-state index contributed by atoms with van der Waals surface area (Å²) in [4.78, 5) is 22.3. The van der Waals surface area contributed by atoms with E-state index in [0.717, 1.165) is 128 Å². The Kier molecular flexibility index (Phi) is 23.8. The van der Waals surface area contributed by atoms with Crippen molar-refractivity contribution >= 4 is 68.3 Å². The molecule has 0 aliphatic heterocycles. The van der Waals surface area contributed by atoms with E-state index in [2.05, 4.69) is 49.2 Å². The first-order valence-corrected chi connectivity index (χ1v) is 29.6. The summed E-state index contributed by atoms with van der Waals surface area (Å²) in [5.74, 6) is 3.02. The third kappa shape index (κ3) is 19.9. The van der Waals surface area contributed by atoms with Crippen LogP contribution >= 0.6 is 68.3 Å². The van der Waals surface area contributed by atoms with Gasteiger partial charge in [-0.15, -0.1) is 68.3 Å². The van der Waals surface area contributed by atoms with Gasteiger partial charge in [0.05, 0.1) is 59.4 Å². The molecule has 77 heavy (non-hydrogen) atoms. The van der Waals surface area contributed by atoms with E-state index in [-0.39, 0.29) is 30.4 Å². The largest absolute Gasteiger partial charge is 0.504 e. The molecule has 13 nitrogen and oxygen atoms in total. The van der Waals surface area contributed by atoms with E-state index in [1.165, 1.54) is 23.3 Å². The van der Waals surface area contributed by atoms with Crippen LogP contribution in [-0.4, -0.2) is 45.3 Å². The molecule has 9 aromatic rings. The number of benzene rings is 4. The first-order chi connectivity index (χ1) is 36.7. The normalized spacial score (nSPS) is 10.7. The minimum Gasteiger partial charge on any atom is -0.504 e. The molecule has 4 N–H and O–H groups in total. The van der Waals surface area contributed by atoms with E-state index in [9.17, 15) is 20.4 Å². The molecule has 0 aliphatic rings. The van der Waals surface area contributed by atoms with Gasteiger partial charge in [0.2, 0.25) is 0 Å². The average molecular weight is 1160 g/mol. The molecule has 4 aromatic carbocycles. The van der Waals surface area contributed by atoms with Crippen molar-refractivity contribution < 1.29 is 39.4 Å². The van der Waals surface area contributed by atoms with E-state index in [4.69, 9.17) is 30.5 Å². The van der Waals surface area contributed by atoms with Gasteiger partial charge in [-0.05, 0) is 157 Å². The molecule has 0 unspecified atom stereocenters. The quantitative estimate of drug-likeness (QED) is 0.0270. The number of aryl methyl sites for hydroxylation is 9. The second-order valence-corrected chi connectivity index (χ2v) is 23.3. The molecule has 0 fully saturated rings. The van der Waals surface area contributed by atoms with Crippen LogP contribution in [0.4, 0.5) is 0 Å². The third-order valence-corrected chi connectivity index (χ3v) is 15.8. The zero-order chi connectivity index (χ0) is 53.8. The number of hydrogen-bond acceptors (Lipinski definition) is 18. The van der Waals surface area contributed by atoms with Crippen molar-refractivity contribution in [3.63, 3.8) is 0 Å². The molecule has 0 saturated heterocycles. The van der Waals surface area contributed by atoms with Crippen molar-refractivity contribution in [1.29, 1.82) is 0 Å². The average Bonchev–Trinajstić information content (AvgIpc) is 4.29. The van der Waals surface area contributed by atoms with E-state index >= 15 is 0 Å². The molecule has 5 aromatic heterocycles. The Labute approximate surface area is 476 Å². The predicted molar refractivity (Wildman–Crippen MR) is 314 cm³/mol. The highest BCUT2D eigenvalue weighted by Gasteiger charge is 2.13. The molecular weight excluding hydrogens is 1090 g/mol. The number of aromatic hydroxyl groups is 4. The molecule has 408 valence electrons. The highest BCUT2D eigenvalue weighted by atomic mass is 35.5. The van der Waals surface area contributed by atoms with Gasteiger partial charge in [-0.25, -0.2) is 24.9 Å². The standard InChI is InChI=1S/C36H38N4O4S4.C16H18O4.C5H6ClNS.CH4/c1-23-37-29(19-45-23)15-41-33-11-9-27(13-35(33)43-17-31-21-47-25(3)39-31)7-5-6-8-28-10-12-34(42-16-30-20-46-24(2)38-30)36(14-28)44-18-32-22-48-26(4)40-32;17-13-7-5-11(9-15(13)19)3-1-2-4-12-6-8-14(18)16(20)10-12;1-4-7-5(2-6)3-8-4;/h9-14,19-22H,5-8,15-18H2,1-4H3;5-10,17-20H,1-4H2;3H,2H2,1H3;1H4. The number of thiazole rings is 5. The number of aromatic nitrogens is 5. The van der Waals surface area contributed by atoms with E-state index in [1.807, 2.05) is 73.7 Å². The van der Waals surface area contributed by atoms with Gasteiger partial charge in [-0.2, -0.15) is 0 Å². The van der Waals surface area contributed by atoms with E-state index in [1.54, 1.807) is 80.9 Å². The Morgan fingerprint density at radius 2 is 0.636 bits per heavy atom. The summed E-state index contributed by atoms with van der Waals surface area (Å²) in [6, 6.07) is 22.2. The molecule has 0 aliphatic carbocycles. The highest BCUT2D eigenvalue weighted by molar-refractivity contribution is 7.10. The SMILES string of the molecule is C.Cc1nc(CCl)cs1.Cc1nc(COc2ccc(CCCCc3ccc(OCc4csc(C)n4)c(OCc4csc(C)n4)c3)cc2OCc2csc(C)n2)cs1.Oc1ccc(CCCCc2ccc(O)c(O)c2)cc1O. The number of rotatable bonds is 23. The van der Waals surface area contributed by atoms with Gasteiger partial charge in [0.1, 0.15) is 26.4 Å². The number of alkyl halides is 1. The summed E-state index contributed by atoms with van der Waals surface area (Å²) < 4.78 is 24.8. The number of halogens is 1. The van der Waals surface area contributed by atoms with Crippen molar-refractivity contribution in [2.24, 2.45) is 0 Å². The molecule has 9 rings (SSSR count). The maximum atomic E-state index is 9.39. The van der Waals surface area contributed by atoms with Crippen LogP contribution in [0.1, 0.15) is 109 Å². The van der Waals surface area contributed by atoms with Crippen molar-refractivity contribution in [1.82, 2.24) is 24.9 Å². The lowest BCUT2D eigenvalue weighted by molar-refractivity contribution is 0.252. The summed E-state index contributed by atoms with van der Waals surface area (Å²) >= 11 is 13.6. The summed E-state index contributed by atoms with van der Waals surface area (Å²) in [6.07, 6.45) is 7.42. The van der Waals surface area contributed by atoms with Gasteiger partial charge in [0.15, 0.2) is 46.0 Å². The van der Waals surface area contributed by atoms with Crippen LogP contribution in [0.5, 0.6) is 46.0 Å². The fourth-order valence-electron chi connectivity index (χ4n) is 7.62. The molecule has 0 saturated carbocycles. The van der Waals surface area contributed by atoms with Gasteiger partial charge in [0.25, 0.3) is 0 Å². The van der Waals surface area contributed by atoms with E-state index in [0.29, 0.717) is 43.8 Å². The van der Waals surface area contributed by atoms with Gasteiger partial charge >= 0.3 is 0 Å². The van der Waals surface area contributed by atoms with Gasteiger partial charge in [0, 0.05) is 26.9 Å². The summed E-state index contributed by atoms with van der Waals surface area (Å²) in [5.41, 5.74) is 9.04. The van der Waals surface area contributed by atoms with Crippen LogP contribution in [0.2, 0.25) is 0 Å². The van der Waals surface area contributed by atoms with Gasteiger partial charge in [-0.3, -0.25) is 0 Å². The molecule has 0 bridgehead atoms. The third-order valence-electron chi connectivity index (χ3n) is 11.4. The zero-order valence-electron chi connectivity index (χ0n) is 43.1. The van der Waals surface area contributed by atoms with Crippen LogP contribution in [0.3, 0.4) is 0 Å². The number of phenols is 4. The Morgan fingerprint density at radius 1 is 0.364 bits per heavy atom. The van der Waals surface area contributed by atoms with Gasteiger partial charge in [-0.1, -0.05) is 31.7 Å². The smallest absolute Gasteiger partial charge is 0.162 e. The second kappa shape index (κ2) is 30.6. The van der Waals surface area contributed by atoms with Crippen LogP contribution in [0.15, 0.2) is 99.7 Å². The van der Waals surface area contributed by atoms with Gasteiger partial charge < -0.3 is 39.4 Å². The lowest BCUT2D eigenvalue weighted by atomic mass is 10.0. The molecule has 0 spiro atoms. The van der Waals surface area contributed by atoms with Crippen molar-refractivity contribution in [2.45, 2.75) is 126 Å². The molecule has 5 heterocycles. The predicted octanol–water partition coefficient (Wildman–Crippen LogP) is 15.5. The Morgan fingerprint density at radius 3 is 0.896 bits per heavy atom. The van der Waals surface area contributed by atoms with Crippen molar-refractivity contribution in [3.8, 4) is 46.0 Å². The van der Waals surface area contributed by atoms with Crippen LogP contribution in [0.25, 0.3) is 0 Å². The molecule has 0 radical (unpaired) electrons. The summed E-state index contributed by atoms with van der Waals surface area (Å²) in [7, 11) is 0. The fourth-order valence-corrected chi connectivity index (χ4v) is 10.9. The maximum absolute atomic E-state index is 9.39. The second-order valence-electron chi connectivity index (χ2n) is 17.7. The Hall–Kier alpha value is -6.28.